The van der Waals surface area contributed by atoms with Crippen LogP contribution in [0.25, 0.3) is 0 Å². The number of hydrogen-bond donors (Lipinski definition) is 1. The first-order valence-corrected chi connectivity index (χ1v) is 6.56. The summed E-state index contributed by atoms with van der Waals surface area (Å²) in [5.74, 6) is 0. The number of aromatic nitrogens is 1. The first-order chi connectivity index (χ1) is 7.97. The fraction of sp³-hybridized carbons (Fsp3) is 0.357. The van der Waals surface area contributed by atoms with E-state index < -0.39 is 0 Å². The minimum atomic E-state index is 0.0784. The number of rotatable bonds is 3. The van der Waals surface area contributed by atoms with Crippen LogP contribution in [0.3, 0.4) is 0 Å². The van der Waals surface area contributed by atoms with Crippen molar-refractivity contribution in [1.82, 2.24) is 4.98 Å². The minimum Gasteiger partial charge on any atom is -0.399 e. The van der Waals surface area contributed by atoms with E-state index >= 15 is 0 Å². The topological polar surface area (TPSA) is 38.9 Å². The number of benzene rings is 1. The molecule has 2 N–H and O–H groups in total. The molecule has 90 valence electrons. The third-order valence-corrected chi connectivity index (χ3v) is 4.10. The van der Waals surface area contributed by atoms with Gasteiger partial charge in [-0.3, -0.25) is 0 Å². The molecule has 0 aliphatic carbocycles. The van der Waals surface area contributed by atoms with Crippen LogP contribution < -0.4 is 5.73 Å². The van der Waals surface area contributed by atoms with Crippen LogP contribution in [0, 0.1) is 6.92 Å². The van der Waals surface area contributed by atoms with Gasteiger partial charge < -0.3 is 5.73 Å². The molecule has 0 spiro atoms. The molecule has 0 radical (unpaired) electrons. The molecule has 0 saturated heterocycles. The molecule has 1 aromatic heterocycles. The van der Waals surface area contributed by atoms with Crippen LogP contribution in [0.4, 0.5) is 5.69 Å². The van der Waals surface area contributed by atoms with Crippen LogP contribution >= 0.6 is 11.3 Å². The molecule has 2 nitrogen and oxygen atoms in total. The molecule has 0 aliphatic heterocycles. The van der Waals surface area contributed by atoms with Gasteiger partial charge in [0.2, 0.25) is 0 Å². The number of thiazole rings is 1. The molecule has 0 amide bonds. The molecular formula is C14H18N2S. The standard InChI is InChI=1S/C14H18N2S/c1-10-9-16-13(17-10)14(2,3)8-11-4-6-12(15)7-5-11/h4-7,9H,8,15H2,1-3H3. The van der Waals surface area contributed by atoms with Gasteiger partial charge in [0.1, 0.15) is 0 Å². The maximum atomic E-state index is 5.69. The van der Waals surface area contributed by atoms with E-state index in [1.165, 1.54) is 15.4 Å². The summed E-state index contributed by atoms with van der Waals surface area (Å²) in [6.45, 7) is 6.57. The Morgan fingerprint density at radius 1 is 1.24 bits per heavy atom. The molecule has 17 heavy (non-hydrogen) atoms. The quantitative estimate of drug-likeness (QED) is 0.841. The number of hydrogen-bond acceptors (Lipinski definition) is 3. The second-order valence-corrected chi connectivity index (χ2v) is 6.31. The third kappa shape index (κ3) is 2.86. The van der Waals surface area contributed by atoms with E-state index in [1.807, 2.05) is 18.3 Å². The summed E-state index contributed by atoms with van der Waals surface area (Å²) in [5.41, 5.74) is 7.89. The Labute approximate surface area is 107 Å². The van der Waals surface area contributed by atoms with Crippen LogP contribution in [-0.4, -0.2) is 4.98 Å². The van der Waals surface area contributed by atoms with Gasteiger partial charge in [0.15, 0.2) is 0 Å². The third-order valence-electron chi connectivity index (χ3n) is 2.83. The molecule has 1 heterocycles. The van der Waals surface area contributed by atoms with Crippen molar-refractivity contribution in [3.8, 4) is 0 Å². The molecule has 1 aromatic carbocycles. The smallest absolute Gasteiger partial charge is 0.0987 e. The summed E-state index contributed by atoms with van der Waals surface area (Å²) in [6.07, 6.45) is 2.94. The van der Waals surface area contributed by atoms with Crippen molar-refractivity contribution < 1.29 is 0 Å². The van der Waals surface area contributed by atoms with Crippen molar-refractivity contribution in [2.75, 3.05) is 5.73 Å². The summed E-state index contributed by atoms with van der Waals surface area (Å²) < 4.78 is 0. The number of aryl methyl sites for hydroxylation is 1. The Kier molecular flexibility index (Phi) is 3.20. The average molecular weight is 246 g/mol. The lowest BCUT2D eigenvalue weighted by atomic mass is 9.86. The average Bonchev–Trinajstić information content (AvgIpc) is 2.69. The predicted octanol–water partition coefficient (Wildman–Crippen LogP) is 3.55. The highest BCUT2D eigenvalue weighted by Gasteiger charge is 2.24. The zero-order valence-electron chi connectivity index (χ0n) is 10.5. The van der Waals surface area contributed by atoms with Gasteiger partial charge in [-0.05, 0) is 31.0 Å². The zero-order valence-corrected chi connectivity index (χ0v) is 11.3. The number of anilines is 1. The fourth-order valence-electron chi connectivity index (χ4n) is 1.89. The van der Waals surface area contributed by atoms with Crippen LogP contribution in [0.15, 0.2) is 30.5 Å². The van der Waals surface area contributed by atoms with Crippen LogP contribution in [0.5, 0.6) is 0 Å². The van der Waals surface area contributed by atoms with Gasteiger partial charge in [-0.15, -0.1) is 11.3 Å². The summed E-state index contributed by atoms with van der Waals surface area (Å²) in [4.78, 5) is 5.76. The van der Waals surface area contributed by atoms with Crippen molar-refractivity contribution in [1.29, 1.82) is 0 Å². The highest BCUT2D eigenvalue weighted by atomic mass is 32.1. The van der Waals surface area contributed by atoms with Gasteiger partial charge in [-0.25, -0.2) is 4.98 Å². The zero-order chi connectivity index (χ0) is 12.5. The molecule has 3 heteroatoms. The second-order valence-electron chi connectivity index (χ2n) is 5.08. The largest absolute Gasteiger partial charge is 0.399 e. The highest BCUT2D eigenvalue weighted by Crippen LogP contribution is 2.30. The van der Waals surface area contributed by atoms with E-state index in [1.54, 1.807) is 11.3 Å². The van der Waals surface area contributed by atoms with E-state index in [0.29, 0.717) is 0 Å². The van der Waals surface area contributed by atoms with Gasteiger partial charge in [0.25, 0.3) is 0 Å². The van der Waals surface area contributed by atoms with Crippen molar-refractivity contribution in [2.24, 2.45) is 0 Å². The first kappa shape index (κ1) is 12.1. The molecule has 2 aromatic rings. The van der Waals surface area contributed by atoms with Crippen molar-refractivity contribution in [3.63, 3.8) is 0 Å². The van der Waals surface area contributed by atoms with E-state index in [9.17, 15) is 0 Å². The number of nitrogen functional groups attached to an aromatic ring is 1. The predicted molar refractivity (Wildman–Crippen MR) is 74.4 cm³/mol. The van der Waals surface area contributed by atoms with E-state index in [-0.39, 0.29) is 5.41 Å². The normalized spacial score (nSPS) is 11.7. The molecule has 0 fully saturated rings. The molecule has 0 unspecified atom stereocenters. The van der Waals surface area contributed by atoms with Gasteiger partial charge in [-0.1, -0.05) is 26.0 Å². The molecular weight excluding hydrogens is 228 g/mol. The van der Waals surface area contributed by atoms with Gasteiger partial charge >= 0.3 is 0 Å². The molecule has 0 saturated carbocycles. The number of nitrogens with two attached hydrogens (primary N) is 1. The second kappa shape index (κ2) is 4.49. The molecule has 2 rings (SSSR count). The fourth-order valence-corrected chi connectivity index (χ4v) is 2.75. The van der Waals surface area contributed by atoms with E-state index in [4.69, 9.17) is 5.73 Å². The monoisotopic (exact) mass is 246 g/mol. The molecule has 0 aliphatic rings. The van der Waals surface area contributed by atoms with E-state index in [2.05, 4.69) is 37.9 Å². The highest BCUT2D eigenvalue weighted by molar-refractivity contribution is 7.11. The van der Waals surface area contributed by atoms with Gasteiger partial charge in [0.05, 0.1) is 5.01 Å². The maximum absolute atomic E-state index is 5.69. The Morgan fingerprint density at radius 2 is 1.88 bits per heavy atom. The lowest BCUT2D eigenvalue weighted by Gasteiger charge is -2.22. The number of nitrogens with zero attached hydrogens (tertiary/aromatic N) is 1. The maximum Gasteiger partial charge on any atom is 0.0987 e. The summed E-state index contributed by atoms with van der Waals surface area (Å²) in [7, 11) is 0. The van der Waals surface area contributed by atoms with Gasteiger partial charge in [-0.2, -0.15) is 0 Å². The van der Waals surface area contributed by atoms with E-state index in [0.717, 1.165) is 12.1 Å². The Morgan fingerprint density at radius 3 is 2.41 bits per heavy atom. The first-order valence-electron chi connectivity index (χ1n) is 5.75. The summed E-state index contributed by atoms with van der Waals surface area (Å²) in [6, 6.07) is 8.10. The molecule has 0 atom stereocenters. The van der Waals surface area contributed by atoms with Crippen molar-refractivity contribution >= 4 is 17.0 Å². The van der Waals surface area contributed by atoms with Crippen LogP contribution in [-0.2, 0) is 11.8 Å². The van der Waals surface area contributed by atoms with Crippen molar-refractivity contribution in [3.05, 3.63) is 45.9 Å². The lowest BCUT2D eigenvalue weighted by molar-refractivity contribution is 0.519. The lowest BCUT2D eigenvalue weighted by Crippen LogP contribution is -2.20. The Balaban J connectivity index is 2.19. The van der Waals surface area contributed by atoms with Crippen molar-refractivity contribution in [2.45, 2.75) is 32.6 Å². The Hall–Kier alpha value is -1.35. The SMILES string of the molecule is Cc1cnc(C(C)(C)Cc2ccc(N)cc2)s1. The van der Waals surface area contributed by atoms with Crippen LogP contribution in [0.1, 0.15) is 29.3 Å². The summed E-state index contributed by atoms with van der Waals surface area (Å²) >= 11 is 1.78. The van der Waals surface area contributed by atoms with Gasteiger partial charge in [0, 0.05) is 22.2 Å². The summed E-state index contributed by atoms with van der Waals surface area (Å²) in [5, 5.41) is 1.20. The minimum absolute atomic E-state index is 0.0784. The Bertz CT molecular complexity index is 497. The molecule has 0 bridgehead atoms. The van der Waals surface area contributed by atoms with Crippen LogP contribution in [0.2, 0.25) is 0 Å².